The highest BCUT2D eigenvalue weighted by atomic mass is 16.3. The van der Waals surface area contributed by atoms with E-state index in [2.05, 4.69) is 452 Å². The molecule has 25 aromatic rings. The molecule has 598 valence electrons. The van der Waals surface area contributed by atoms with Crippen LogP contribution in [0, 0.1) is 0 Å². The number of hydrogen-bond acceptors (Lipinski definition) is 2. The molecule has 0 saturated heterocycles. The number of hydrogen-bond donors (Lipinski definition) is 0. The number of benzene rings is 23. The molecule has 0 amide bonds. The number of furan rings is 2. The van der Waals surface area contributed by atoms with Crippen molar-refractivity contribution in [1.29, 1.82) is 0 Å². The maximum absolute atomic E-state index is 6.57. The largest absolute Gasteiger partial charge is 0.456 e. The zero-order valence-corrected chi connectivity index (χ0v) is 71.2. The van der Waals surface area contributed by atoms with Crippen molar-refractivity contribution in [2.45, 2.75) is 38.5 Å². The van der Waals surface area contributed by atoms with Crippen LogP contribution in [0.15, 0.2) is 433 Å². The summed E-state index contributed by atoms with van der Waals surface area (Å²) in [5.41, 5.74) is 33.9. The van der Waals surface area contributed by atoms with Gasteiger partial charge in [-0.3, -0.25) is 0 Å². The molecule has 2 nitrogen and oxygen atoms in total. The lowest BCUT2D eigenvalue weighted by atomic mass is 9.81. The van der Waals surface area contributed by atoms with E-state index in [1.54, 1.807) is 0 Å². The molecule has 2 aliphatic rings. The van der Waals surface area contributed by atoms with E-state index >= 15 is 0 Å². The van der Waals surface area contributed by atoms with E-state index in [4.69, 9.17) is 8.83 Å². The topological polar surface area (TPSA) is 26.3 Å². The summed E-state index contributed by atoms with van der Waals surface area (Å²) in [4.78, 5) is 0. The Labute approximate surface area is 741 Å². The van der Waals surface area contributed by atoms with Crippen LogP contribution in [0.3, 0.4) is 0 Å². The fraction of sp³-hybridized carbons (Fsp3) is 0.0476. The second-order valence-electron chi connectivity index (χ2n) is 36.3. The molecule has 0 atom stereocenters. The molecule has 2 heteroatoms. The third-order valence-electron chi connectivity index (χ3n) is 28.6. The molecule has 0 saturated carbocycles. The van der Waals surface area contributed by atoms with Crippen LogP contribution in [0.25, 0.3) is 252 Å². The van der Waals surface area contributed by atoms with Crippen molar-refractivity contribution < 1.29 is 8.83 Å². The first-order chi connectivity index (χ1) is 62.9. The summed E-state index contributed by atoms with van der Waals surface area (Å²) in [6, 6.07) is 157. The van der Waals surface area contributed by atoms with E-state index in [1.165, 1.54) is 230 Å². The summed E-state index contributed by atoms with van der Waals surface area (Å²) in [6.45, 7) is 9.44. The summed E-state index contributed by atoms with van der Waals surface area (Å²) in [6.07, 6.45) is 0. The lowest BCUT2D eigenvalue weighted by molar-refractivity contribution is 0.661. The van der Waals surface area contributed by atoms with Crippen LogP contribution in [-0.2, 0) is 10.8 Å². The Balaban J connectivity index is 0.000000136. The highest BCUT2D eigenvalue weighted by molar-refractivity contribution is 6.26. The van der Waals surface area contributed by atoms with Gasteiger partial charge in [0.15, 0.2) is 0 Å². The molecule has 0 aliphatic heterocycles. The first-order valence-electron chi connectivity index (χ1n) is 44.7. The highest BCUT2D eigenvalue weighted by Gasteiger charge is 2.38. The van der Waals surface area contributed by atoms with Crippen molar-refractivity contribution in [3.05, 3.63) is 447 Å². The molecular weight excluding hydrogens is 1550 g/mol. The molecule has 2 heterocycles. The minimum atomic E-state index is -0.0713. The Morgan fingerprint density at radius 2 is 0.438 bits per heavy atom. The summed E-state index contributed by atoms with van der Waals surface area (Å²) < 4.78 is 13.1. The molecule has 0 radical (unpaired) electrons. The molecule has 2 aromatic heterocycles. The van der Waals surface area contributed by atoms with Crippen LogP contribution >= 0.6 is 0 Å². The molecule has 0 fully saturated rings. The van der Waals surface area contributed by atoms with Crippen molar-refractivity contribution in [3.8, 4) is 111 Å². The molecular formula is C126H82O2. The van der Waals surface area contributed by atoms with Crippen molar-refractivity contribution in [1.82, 2.24) is 0 Å². The van der Waals surface area contributed by atoms with Gasteiger partial charge in [-0.15, -0.1) is 0 Å². The third kappa shape index (κ3) is 11.3. The Morgan fingerprint density at radius 1 is 0.141 bits per heavy atom. The van der Waals surface area contributed by atoms with Gasteiger partial charge in [0.2, 0.25) is 0 Å². The van der Waals surface area contributed by atoms with Crippen LogP contribution in [0.4, 0.5) is 0 Å². The van der Waals surface area contributed by atoms with Gasteiger partial charge >= 0.3 is 0 Å². The van der Waals surface area contributed by atoms with Gasteiger partial charge < -0.3 is 8.83 Å². The molecule has 0 unspecified atom stereocenters. The van der Waals surface area contributed by atoms with Crippen molar-refractivity contribution >= 4 is 141 Å². The van der Waals surface area contributed by atoms with E-state index in [-0.39, 0.29) is 10.8 Å². The normalized spacial score (nSPS) is 13.1. The van der Waals surface area contributed by atoms with Crippen molar-refractivity contribution in [2.75, 3.05) is 0 Å². The van der Waals surface area contributed by atoms with Gasteiger partial charge in [-0.05, 0) is 328 Å². The monoisotopic (exact) mass is 1630 g/mol. The average Bonchev–Trinajstić information content (AvgIpc) is 1.29. The predicted molar refractivity (Wildman–Crippen MR) is 544 cm³/mol. The minimum Gasteiger partial charge on any atom is -0.456 e. The molecule has 128 heavy (non-hydrogen) atoms. The molecule has 0 N–H and O–H groups in total. The maximum Gasteiger partial charge on any atom is 0.135 e. The third-order valence-corrected chi connectivity index (χ3v) is 28.6. The van der Waals surface area contributed by atoms with Crippen LogP contribution in [0.1, 0.15) is 49.9 Å². The van der Waals surface area contributed by atoms with Gasteiger partial charge in [-0.2, -0.15) is 0 Å². The summed E-state index contributed by atoms with van der Waals surface area (Å²) in [7, 11) is 0. The highest BCUT2D eigenvalue weighted by Crippen LogP contribution is 2.56. The van der Waals surface area contributed by atoms with Crippen molar-refractivity contribution in [2.24, 2.45) is 0 Å². The summed E-state index contributed by atoms with van der Waals surface area (Å²) >= 11 is 0. The van der Waals surface area contributed by atoms with E-state index in [0.29, 0.717) is 0 Å². The van der Waals surface area contributed by atoms with Gasteiger partial charge in [-0.25, -0.2) is 0 Å². The van der Waals surface area contributed by atoms with Crippen LogP contribution in [0.5, 0.6) is 0 Å². The first kappa shape index (κ1) is 73.5. The van der Waals surface area contributed by atoms with Gasteiger partial charge in [0.25, 0.3) is 0 Å². The fourth-order valence-electron chi connectivity index (χ4n) is 22.5. The quantitative estimate of drug-likeness (QED) is 0.112. The average molecular weight is 1630 g/mol. The minimum absolute atomic E-state index is 0.0684. The smallest absolute Gasteiger partial charge is 0.135 e. The number of fused-ring (bicyclic) bond motifs is 22. The standard InChI is InChI=1S/C65H42O.C61H40O/c1-65(2)59-29-26-41(34-55(59)56-33-39-14-3-4-15-40(39)38-60(56)65)42-27-30-61-57(35-42)58-37-46(28-31-62(58)66-61)64-52-24-11-9-22-50(52)63(51-23-10-12-25-53(51)64)45-18-13-17-43(32-45)54-36-44-16-5-6-19-47(44)48-20-7-8-21-49(48)54;1-61(2)55-29-26-40(33-51(55)52-32-38-15-3-4-16-39(38)36-56(52)61)41-27-30-57-53(34-41)54-35-42(28-31-58(54)62-57)59-47-21-9-11-23-49(47)60(50-24-12-10-22-48(50)59)46-20-8-7-19-45(46)44-25-13-17-37-14-5-6-18-43(37)44/h3-38H,1-2H3;3-36H,1-2H3. The first-order valence-corrected chi connectivity index (χ1v) is 44.7. The molecule has 0 spiro atoms. The second kappa shape index (κ2) is 28.3. The molecule has 2 aliphatic carbocycles. The summed E-state index contributed by atoms with van der Waals surface area (Å²) in [5.74, 6) is 0. The van der Waals surface area contributed by atoms with E-state index in [0.717, 1.165) is 43.9 Å². The van der Waals surface area contributed by atoms with Crippen LogP contribution in [-0.4, -0.2) is 0 Å². The Hall–Kier alpha value is -16.0. The van der Waals surface area contributed by atoms with Crippen molar-refractivity contribution in [3.63, 3.8) is 0 Å². The van der Waals surface area contributed by atoms with E-state index in [1.807, 2.05) is 0 Å². The van der Waals surface area contributed by atoms with Gasteiger partial charge in [0, 0.05) is 32.4 Å². The Kier molecular flexibility index (Phi) is 16.2. The molecule has 23 aromatic carbocycles. The van der Waals surface area contributed by atoms with E-state index < -0.39 is 0 Å². The lowest BCUT2D eigenvalue weighted by Crippen LogP contribution is -2.14. The van der Waals surface area contributed by atoms with Gasteiger partial charge in [-0.1, -0.05) is 355 Å². The van der Waals surface area contributed by atoms with Crippen LogP contribution in [0.2, 0.25) is 0 Å². The van der Waals surface area contributed by atoms with Gasteiger partial charge in [0.05, 0.1) is 0 Å². The van der Waals surface area contributed by atoms with Gasteiger partial charge in [0.1, 0.15) is 22.3 Å². The second-order valence-corrected chi connectivity index (χ2v) is 36.3. The zero-order chi connectivity index (χ0) is 84.8. The predicted octanol–water partition coefficient (Wildman–Crippen LogP) is 35.5. The maximum atomic E-state index is 6.57. The lowest BCUT2D eigenvalue weighted by Gasteiger charge is -2.22. The SMILES string of the molecule is CC1(C)c2ccc(-c3ccc4oc5ccc(-c6c7ccccc7c(-c7cccc(-c8cc9ccccc9c9ccccc89)c7)c7ccccc67)cc5c4c3)cc2-c2cc3ccccc3cc21.CC1(C)c2ccc(-c3ccc4oc5ccc(-c6c7ccccc7c(-c7ccccc7-c7cccc8ccccc78)c7ccccc67)cc5c4c3)cc2-c2cc3ccccc3cc21. The fourth-order valence-corrected chi connectivity index (χ4v) is 22.5. The number of rotatable bonds is 8. The van der Waals surface area contributed by atoms with Crippen LogP contribution < -0.4 is 0 Å². The van der Waals surface area contributed by atoms with E-state index in [9.17, 15) is 0 Å². The zero-order valence-electron chi connectivity index (χ0n) is 71.2. The summed E-state index contributed by atoms with van der Waals surface area (Å²) in [5, 5.41) is 27.1. The molecule has 0 bridgehead atoms. The Bertz CT molecular complexity index is 8970. The molecule has 27 rings (SSSR count). The Morgan fingerprint density at radius 3 is 0.906 bits per heavy atom.